The maximum atomic E-state index is 12.2. The van der Waals surface area contributed by atoms with Gasteiger partial charge in [0.2, 0.25) is 37.4 Å². The number of rotatable bonds is 14. The van der Waals surface area contributed by atoms with E-state index in [4.69, 9.17) is 42.6 Å². The fourth-order valence-electron chi connectivity index (χ4n) is 7.76. The van der Waals surface area contributed by atoms with E-state index in [0.717, 1.165) is 6.08 Å². The Morgan fingerprint density at radius 2 is 0.630 bits per heavy atom. The molecule has 36 heteroatoms. The molecule has 36 nitrogen and oxygen atoms in total. The van der Waals surface area contributed by atoms with Crippen molar-refractivity contribution in [3.05, 3.63) is 70.2 Å². The van der Waals surface area contributed by atoms with Gasteiger partial charge in [0.1, 0.15) is 79.4 Å². The highest BCUT2D eigenvalue weighted by molar-refractivity contribution is 5.86. The summed E-state index contributed by atoms with van der Waals surface area (Å²) in [5.74, 6) is -16.5. The lowest BCUT2D eigenvalue weighted by Gasteiger charge is -2.43. The number of amides is 1. The molecule has 5 aliphatic heterocycles. The van der Waals surface area contributed by atoms with Crippen LogP contribution in [0, 0.1) is 0 Å². The molecule has 0 aromatic rings. The molecule has 0 aromatic heterocycles. The van der Waals surface area contributed by atoms with Gasteiger partial charge >= 0.3 is 0 Å². The van der Waals surface area contributed by atoms with Gasteiger partial charge in [-0.25, -0.2) is 0 Å². The third kappa shape index (κ3) is 18.5. The SMILES string of the molecule is C=CC(=O)NCC1OC2OC(CCO)/C(O)=C(\O)C(O)OC(CCO)/C(O)=C(/O)C(O)OC3C(CO)OC(OC(CCO)/C(O)=C(\O)C(O)OC(CCO)/C(O)=C(/O)C(O)OC(CCO)/C(O)=C(/O)C(O)OC1C(O)C2O)C(O)C3O. The van der Waals surface area contributed by atoms with Crippen molar-refractivity contribution in [2.24, 2.45) is 0 Å². The van der Waals surface area contributed by atoms with Crippen LogP contribution < -0.4 is 5.32 Å². The summed E-state index contributed by atoms with van der Waals surface area (Å²) in [5, 5.41) is 269. The number of carbonyl (C=O) groups excluding carboxylic acids is 1. The van der Waals surface area contributed by atoms with Crippen LogP contribution in [-0.2, 0) is 47.4 Å². The van der Waals surface area contributed by atoms with Gasteiger partial charge in [-0.1, -0.05) is 6.58 Å². The van der Waals surface area contributed by atoms with E-state index < -0.39 is 265 Å². The van der Waals surface area contributed by atoms with Crippen LogP contribution in [0.15, 0.2) is 70.2 Å². The van der Waals surface area contributed by atoms with Crippen molar-refractivity contribution < 1.29 is 175 Å². The molecule has 0 aliphatic carbocycles. The molecule has 5 heterocycles. The van der Waals surface area contributed by atoms with Crippen molar-refractivity contribution >= 4 is 5.91 Å². The number of aliphatic hydroxyl groups is 25. The second kappa shape index (κ2) is 33.3. The highest BCUT2D eigenvalue weighted by Gasteiger charge is 2.50. The summed E-state index contributed by atoms with van der Waals surface area (Å²) in [6.07, 6.45) is -50.2. The van der Waals surface area contributed by atoms with Crippen molar-refractivity contribution in [1.82, 2.24) is 5.32 Å². The predicted octanol–water partition coefficient (Wildman–Crippen LogP) is -6.97. The first-order valence-corrected chi connectivity index (χ1v) is 24.4. The smallest absolute Gasteiger partial charge is 0.243 e. The molecule has 0 radical (unpaired) electrons. The molecule has 81 heavy (non-hydrogen) atoms. The zero-order valence-electron chi connectivity index (χ0n) is 42.6. The Labute approximate surface area is 457 Å². The van der Waals surface area contributed by atoms with Crippen molar-refractivity contribution in [2.45, 2.75) is 155 Å². The molecule has 2 saturated heterocycles. The van der Waals surface area contributed by atoms with E-state index in [-0.39, 0.29) is 0 Å². The van der Waals surface area contributed by atoms with Gasteiger partial charge in [0.05, 0.1) is 6.61 Å². The molecule has 0 aromatic carbocycles. The Balaban J connectivity index is 2.25. The number of hydrogen-bond acceptors (Lipinski definition) is 35. The Hall–Kier alpha value is -5.05. The molecule has 0 saturated carbocycles. The van der Waals surface area contributed by atoms with Gasteiger partial charge in [0.15, 0.2) is 70.2 Å². The number of aliphatic hydroxyl groups excluding tert-OH is 25. The van der Waals surface area contributed by atoms with Crippen LogP contribution >= 0.6 is 0 Å². The Morgan fingerprint density at radius 3 is 0.901 bits per heavy atom. The lowest BCUT2D eigenvalue weighted by Crippen LogP contribution is -2.62. The summed E-state index contributed by atoms with van der Waals surface area (Å²) in [7, 11) is 0. The van der Waals surface area contributed by atoms with Crippen molar-refractivity contribution in [2.75, 3.05) is 46.2 Å². The molecule has 2 fully saturated rings. The standard InChI is InChI=1S/C45H73NO35/c1-2-22(53)46-13-20-37-28(59)35(66)44(78-20)76-18(6-11-50)26(57)31(62)41(70)75-17(5-10-49)25(56)34(65)43(72)81-38-21(14-52)79-45(36(67)29(38)60)77-19(7-12-51)27(58)32(63)40(69)73-15(3-8-47)23(54)30(61)39(68)74-16(4-9-48)24(55)33(64)42(71)80-37/h2,15-21,28-29,35-45,47-52,54-72H,1,3-14H2,(H,46,53)/b30-23-,31-26+,32-27+,33-24-,34-25-. The highest BCUT2D eigenvalue weighted by atomic mass is 16.7. The summed E-state index contributed by atoms with van der Waals surface area (Å²) < 4.78 is 47.8. The summed E-state index contributed by atoms with van der Waals surface area (Å²) in [5.41, 5.74) is 0. The second-order valence-corrected chi connectivity index (χ2v) is 17.7. The first kappa shape index (κ1) is 70.2. The summed E-state index contributed by atoms with van der Waals surface area (Å²) in [6.45, 7) is -3.50. The second-order valence-electron chi connectivity index (χ2n) is 17.7. The number of ether oxygens (including phenoxy) is 9. The average molecular weight is 1190 g/mol. The molecule has 5 aliphatic rings. The number of fused-ring (bicyclic) bond motifs is 2. The third-order valence-electron chi connectivity index (χ3n) is 12.1. The summed E-state index contributed by atoms with van der Waals surface area (Å²) >= 11 is 0. The van der Waals surface area contributed by atoms with Crippen molar-refractivity contribution in [1.29, 1.82) is 0 Å². The van der Waals surface area contributed by atoms with E-state index in [1.165, 1.54) is 0 Å². The maximum absolute atomic E-state index is 12.2. The Morgan fingerprint density at radius 1 is 0.370 bits per heavy atom. The molecule has 20 atom stereocenters. The molecule has 468 valence electrons. The molecule has 1 amide bonds. The van der Waals surface area contributed by atoms with E-state index in [1.807, 2.05) is 0 Å². The minimum atomic E-state index is -2.85. The van der Waals surface area contributed by atoms with E-state index >= 15 is 0 Å². The van der Waals surface area contributed by atoms with Gasteiger partial charge in [-0.15, -0.1) is 0 Å². The summed E-state index contributed by atoms with van der Waals surface area (Å²) in [4.78, 5) is 12.2. The van der Waals surface area contributed by atoms with E-state index in [2.05, 4.69) is 11.9 Å². The van der Waals surface area contributed by atoms with Crippen LogP contribution in [0.3, 0.4) is 0 Å². The van der Waals surface area contributed by atoms with Gasteiger partial charge < -0.3 is 176 Å². The zero-order valence-corrected chi connectivity index (χ0v) is 42.6. The lowest BCUT2D eigenvalue weighted by atomic mass is 9.98. The summed E-state index contributed by atoms with van der Waals surface area (Å²) in [6, 6.07) is 0. The molecule has 4 bridgehead atoms. The largest absolute Gasteiger partial charge is 0.506 e. The monoisotopic (exact) mass is 1190 g/mol. The topological polar surface area (TPSA) is 618 Å². The first-order chi connectivity index (χ1) is 38.2. The zero-order chi connectivity index (χ0) is 61.2. The van der Waals surface area contributed by atoms with Gasteiger partial charge in [-0.05, 0) is 6.08 Å². The van der Waals surface area contributed by atoms with E-state index in [1.54, 1.807) is 0 Å². The Kier molecular flexibility index (Phi) is 28.9. The molecule has 20 unspecified atom stereocenters. The van der Waals surface area contributed by atoms with E-state index in [0.29, 0.717) is 0 Å². The van der Waals surface area contributed by atoms with Crippen LogP contribution in [-0.4, -0.2) is 303 Å². The maximum Gasteiger partial charge on any atom is 0.243 e. The number of carbonyl (C=O) groups is 1. The lowest BCUT2D eigenvalue weighted by molar-refractivity contribution is -0.329. The van der Waals surface area contributed by atoms with Gasteiger partial charge in [-0.2, -0.15) is 0 Å². The molecule has 5 rings (SSSR count). The number of nitrogens with one attached hydrogen (secondary N) is 1. The normalized spacial score (nSPS) is 41.3. The fourth-order valence-corrected chi connectivity index (χ4v) is 7.76. The van der Waals surface area contributed by atoms with Gasteiger partial charge in [0, 0.05) is 71.7 Å². The van der Waals surface area contributed by atoms with Crippen LogP contribution in [0.2, 0.25) is 0 Å². The van der Waals surface area contributed by atoms with Crippen molar-refractivity contribution in [3.63, 3.8) is 0 Å². The van der Waals surface area contributed by atoms with Crippen LogP contribution in [0.5, 0.6) is 0 Å². The van der Waals surface area contributed by atoms with Crippen molar-refractivity contribution in [3.8, 4) is 0 Å². The minimum Gasteiger partial charge on any atom is -0.506 e. The fraction of sp³-hybridized carbons (Fsp3) is 0.711. The number of hydrogen-bond donors (Lipinski definition) is 26. The molecular weight excluding hydrogens is 1110 g/mol. The quantitative estimate of drug-likeness (QED) is 0.0719. The highest BCUT2D eigenvalue weighted by Crippen LogP contribution is 2.33. The average Bonchev–Trinajstić information content (AvgIpc) is 3.53. The van der Waals surface area contributed by atoms with Crippen LogP contribution in [0.1, 0.15) is 32.1 Å². The van der Waals surface area contributed by atoms with Gasteiger partial charge in [-0.3, -0.25) is 4.79 Å². The van der Waals surface area contributed by atoms with Gasteiger partial charge in [0.25, 0.3) is 0 Å². The minimum absolute atomic E-state index is 0.755. The van der Waals surface area contributed by atoms with Crippen LogP contribution in [0.4, 0.5) is 0 Å². The Bertz CT molecular complexity index is 2140. The third-order valence-corrected chi connectivity index (χ3v) is 12.1. The first-order valence-electron chi connectivity index (χ1n) is 24.4. The molecule has 26 N–H and O–H groups in total. The van der Waals surface area contributed by atoms with E-state index in [9.17, 15) is 132 Å². The predicted molar refractivity (Wildman–Crippen MR) is 256 cm³/mol. The van der Waals surface area contributed by atoms with Crippen LogP contribution in [0.25, 0.3) is 0 Å². The molecular formula is C45H73NO35. The molecule has 0 spiro atoms.